The van der Waals surface area contributed by atoms with Gasteiger partial charge in [0, 0.05) is 6.54 Å². The number of halogens is 1. The van der Waals surface area contributed by atoms with Crippen LogP contribution in [-0.2, 0) is 4.74 Å². The Labute approximate surface area is 107 Å². The fourth-order valence-corrected chi connectivity index (χ4v) is 1.78. The molecule has 92 valence electrons. The fourth-order valence-electron chi connectivity index (χ4n) is 1.78. The Balaban J connectivity index is 0.00000144. The third-order valence-corrected chi connectivity index (χ3v) is 2.68. The van der Waals surface area contributed by atoms with E-state index in [-0.39, 0.29) is 18.4 Å². The molecule has 0 aliphatic carbocycles. The molecule has 1 N–H and O–H groups in total. The average Bonchev–Trinajstić information content (AvgIpc) is 2.82. The van der Waals surface area contributed by atoms with Gasteiger partial charge in [-0.05, 0) is 30.7 Å². The van der Waals surface area contributed by atoms with Crippen molar-refractivity contribution in [3.63, 3.8) is 0 Å². The van der Waals surface area contributed by atoms with Crippen LogP contribution in [0, 0.1) is 0 Å². The summed E-state index contributed by atoms with van der Waals surface area (Å²) in [5.74, 6) is -0.290. The van der Waals surface area contributed by atoms with Crippen molar-refractivity contribution in [2.24, 2.45) is 0 Å². The van der Waals surface area contributed by atoms with Gasteiger partial charge in [0.25, 0.3) is 0 Å². The van der Waals surface area contributed by atoms with Crippen LogP contribution in [0.4, 0.5) is 0 Å². The lowest BCUT2D eigenvalue weighted by atomic mass is 10.1. The first-order chi connectivity index (χ1) is 7.79. The molecule has 0 spiro atoms. The molecule has 2 rings (SSSR count). The first-order valence-electron chi connectivity index (χ1n) is 5.38. The number of benzene rings is 1. The Hall–Kier alpha value is -1.32. The van der Waals surface area contributed by atoms with E-state index in [1.807, 2.05) is 12.1 Å². The molecule has 3 nitrogen and oxygen atoms in total. The van der Waals surface area contributed by atoms with Gasteiger partial charge in [-0.1, -0.05) is 23.8 Å². The number of methoxy groups -OCH3 is 1. The molecule has 1 heterocycles. The summed E-state index contributed by atoms with van der Waals surface area (Å²) in [4.78, 5) is 11.2. The van der Waals surface area contributed by atoms with Crippen molar-refractivity contribution in [2.75, 3.05) is 20.2 Å². The highest BCUT2D eigenvalue weighted by molar-refractivity contribution is 5.89. The third-order valence-electron chi connectivity index (χ3n) is 2.68. The van der Waals surface area contributed by atoms with Crippen molar-refractivity contribution in [3.8, 4) is 0 Å². The quantitative estimate of drug-likeness (QED) is 0.822. The lowest BCUT2D eigenvalue weighted by molar-refractivity contribution is 0.0601. The van der Waals surface area contributed by atoms with E-state index in [2.05, 4.69) is 16.1 Å². The van der Waals surface area contributed by atoms with Gasteiger partial charge in [-0.25, -0.2) is 4.79 Å². The molecule has 1 aliphatic rings. The second-order valence-electron chi connectivity index (χ2n) is 3.84. The van der Waals surface area contributed by atoms with Gasteiger partial charge < -0.3 is 10.1 Å². The van der Waals surface area contributed by atoms with Gasteiger partial charge in [-0.2, -0.15) is 0 Å². The minimum atomic E-state index is -0.290. The highest BCUT2D eigenvalue weighted by Crippen LogP contribution is 2.13. The summed E-state index contributed by atoms with van der Waals surface area (Å²) in [6, 6.07) is 7.47. The second kappa shape index (κ2) is 6.42. The molecule has 1 fully saturated rings. The zero-order chi connectivity index (χ0) is 11.4. The average molecular weight is 254 g/mol. The maximum atomic E-state index is 11.2. The SMILES string of the molecule is COC(=O)c1ccc(/C=C2/CCNC2)cc1.Cl. The summed E-state index contributed by atoms with van der Waals surface area (Å²) < 4.78 is 4.65. The van der Waals surface area contributed by atoms with Crippen molar-refractivity contribution >= 4 is 24.5 Å². The van der Waals surface area contributed by atoms with E-state index in [9.17, 15) is 4.79 Å². The number of hydrogen-bond acceptors (Lipinski definition) is 3. The van der Waals surface area contributed by atoms with Crippen molar-refractivity contribution < 1.29 is 9.53 Å². The van der Waals surface area contributed by atoms with Crippen molar-refractivity contribution in [1.29, 1.82) is 0 Å². The standard InChI is InChI=1S/C13H15NO2.ClH/c1-16-13(15)12-4-2-10(3-5-12)8-11-6-7-14-9-11;/h2-5,8,14H,6-7,9H2,1H3;1H/b11-8-;. The van der Waals surface area contributed by atoms with Crippen molar-refractivity contribution in [2.45, 2.75) is 6.42 Å². The molecule has 1 saturated heterocycles. The van der Waals surface area contributed by atoms with Crippen LogP contribution in [0.25, 0.3) is 6.08 Å². The predicted molar refractivity (Wildman–Crippen MR) is 70.5 cm³/mol. The van der Waals surface area contributed by atoms with Crippen LogP contribution in [0.5, 0.6) is 0 Å². The van der Waals surface area contributed by atoms with Gasteiger partial charge in [0.05, 0.1) is 12.7 Å². The summed E-state index contributed by atoms with van der Waals surface area (Å²) >= 11 is 0. The number of nitrogens with one attached hydrogen (secondary N) is 1. The Morgan fingerprint density at radius 2 is 2.06 bits per heavy atom. The first kappa shape index (κ1) is 13.7. The van der Waals surface area contributed by atoms with E-state index in [0.29, 0.717) is 5.56 Å². The maximum Gasteiger partial charge on any atom is 0.337 e. The molecule has 0 amide bonds. The molecule has 0 saturated carbocycles. The van der Waals surface area contributed by atoms with Crippen LogP contribution >= 0.6 is 12.4 Å². The van der Waals surface area contributed by atoms with Gasteiger partial charge in [-0.15, -0.1) is 12.4 Å². The van der Waals surface area contributed by atoms with Crippen LogP contribution in [0.15, 0.2) is 29.8 Å². The van der Waals surface area contributed by atoms with Gasteiger partial charge in [0.2, 0.25) is 0 Å². The third kappa shape index (κ3) is 3.58. The molecule has 1 aromatic carbocycles. The van der Waals surface area contributed by atoms with E-state index in [1.54, 1.807) is 12.1 Å². The Bertz CT molecular complexity index is 404. The van der Waals surface area contributed by atoms with Gasteiger partial charge in [0.1, 0.15) is 0 Å². The number of carbonyl (C=O) groups is 1. The van der Waals surface area contributed by atoms with E-state index in [4.69, 9.17) is 0 Å². The minimum Gasteiger partial charge on any atom is -0.465 e. The fraction of sp³-hybridized carbons (Fsp3) is 0.308. The summed E-state index contributed by atoms with van der Waals surface area (Å²) in [6.07, 6.45) is 3.28. The molecular formula is C13H16ClNO2. The van der Waals surface area contributed by atoms with Crippen LogP contribution in [0.2, 0.25) is 0 Å². The number of carbonyl (C=O) groups excluding carboxylic acids is 1. The zero-order valence-corrected chi connectivity index (χ0v) is 10.5. The van der Waals surface area contributed by atoms with Gasteiger partial charge >= 0.3 is 5.97 Å². The highest BCUT2D eigenvalue weighted by atomic mass is 35.5. The molecule has 0 unspecified atom stereocenters. The van der Waals surface area contributed by atoms with Crippen molar-refractivity contribution in [1.82, 2.24) is 5.32 Å². The Morgan fingerprint density at radius 1 is 1.35 bits per heavy atom. The van der Waals surface area contributed by atoms with Crippen LogP contribution in [0.1, 0.15) is 22.3 Å². The summed E-state index contributed by atoms with van der Waals surface area (Å²) in [5, 5.41) is 3.29. The highest BCUT2D eigenvalue weighted by Gasteiger charge is 2.06. The Kier molecular flexibility index (Phi) is 5.19. The predicted octanol–water partition coefficient (Wildman–Crippen LogP) is 2.27. The van der Waals surface area contributed by atoms with E-state index in [0.717, 1.165) is 25.1 Å². The number of esters is 1. The van der Waals surface area contributed by atoms with Crippen LogP contribution in [-0.4, -0.2) is 26.2 Å². The maximum absolute atomic E-state index is 11.2. The number of rotatable bonds is 2. The molecule has 1 aromatic rings. The minimum absolute atomic E-state index is 0. The van der Waals surface area contributed by atoms with Crippen molar-refractivity contribution in [3.05, 3.63) is 41.0 Å². The zero-order valence-electron chi connectivity index (χ0n) is 9.73. The number of ether oxygens (including phenoxy) is 1. The van der Waals surface area contributed by atoms with E-state index < -0.39 is 0 Å². The second-order valence-corrected chi connectivity index (χ2v) is 3.84. The van der Waals surface area contributed by atoms with Gasteiger partial charge in [0.15, 0.2) is 0 Å². The largest absolute Gasteiger partial charge is 0.465 e. The molecule has 0 aromatic heterocycles. The van der Waals surface area contributed by atoms with Gasteiger partial charge in [-0.3, -0.25) is 0 Å². The molecule has 17 heavy (non-hydrogen) atoms. The molecule has 4 heteroatoms. The Morgan fingerprint density at radius 3 is 2.59 bits per heavy atom. The molecule has 0 atom stereocenters. The number of hydrogen-bond donors (Lipinski definition) is 1. The molecule has 1 aliphatic heterocycles. The lowest BCUT2D eigenvalue weighted by Gasteiger charge is -2.00. The lowest BCUT2D eigenvalue weighted by Crippen LogP contribution is -2.04. The molecule has 0 radical (unpaired) electrons. The van der Waals surface area contributed by atoms with E-state index in [1.165, 1.54) is 12.7 Å². The van der Waals surface area contributed by atoms with Crippen LogP contribution < -0.4 is 5.32 Å². The van der Waals surface area contributed by atoms with Crippen LogP contribution in [0.3, 0.4) is 0 Å². The summed E-state index contributed by atoms with van der Waals surface area (Å²) in [5.41, 5.74) is 3.13. The molecule has 0 bridgehead atoms. The summed E-state index contributed by atoms with van der Waals surface area (Å²) in [7, 11) is 1.39. The topological polar surface area (TPSA) is 38.3 Å². The first-order valence-corrected chi connectivity index (χ1v) is 5.38. The normalized spacial score (nSPS) is 16.6. The summed E-state index contributed by atoms with van der Waals surface area (Å²) in [6.45, 7) is 2.03. The van der Waals surface area contributed by atoms with E-state index >= 15 is 0 Å². The monoisotopic (exact) mass is 253 g/mol. The molecular weight excluding hydrogens is 238 g/mol. The smallest absolute Gasteiger partial charge is 0.337 e.